The van der Waals surface area contributed by atoms with E-state index in [1.807, 2.05) is 6.92 Å². The lowest BCUT2D eigenvalue weighted by Gasteiger charge is -2.20. The zero-order valence-corrected chi connectivity index (χ0v) is 11.4. The molecule has 2 atom stereocenters. The van der Waals surface area contributed by atoms with E-state index in [0.717, 1.165) is 12.8 Å². The molecule has 0 bridgehead atoms. The van der Waals surface area contributed by atoms with Crippen molar-refractivity contribution >= 4 is 12.0 Å². The maximum absolute atomic E-state index is 11.5. The summed E-state index contributed by atoms with van der Waals surface area (Å²) in [5.41, 5.74) is 0. The normalized spacial score (nSPS) is 13.7. The van der Waals surface area contributed by atoms with Gasteiger partial charge in [-0.25, -0.2) is 9.59 Å². The van der Waals surface area contributed by atoms with Gasteiger partial charge in [0.05, 0.1) is 0 Å². The molecule has 0 aromatic heterocycles. The van der Waals surface area contributed by atoms with Crippen molar-refractivity contribution in [1.82, 2.24) is 10.6 Å². The Balaban J connectivity index is 3.92. The molecule has 0 saturated carbocycles. The van der Waals surface area contributed by atoms with Crippen molar-refractivity contribution in [2.45, 2.75) is 39.2 Å². The number of aliphatic carboxylic acids is 1. The number of unbranched alkanes of at least 4 members (excludes halogenated alkanes) is 1. The van der Waals surface area contributed by atoms with Crippen molar-refractivity contribution < 1.29 is 19.4 Å². The molecule has 18 heavy (non-hydrogen) atoms. The van der Waals surface area contributed by atoms with Gasteiger partial charge < -0.3 is 20.5 Å². The number of carbonyl (C=O) groups excluding carboxylic acids is 1. The first-order chi connectivity index (χ1) is 8.52. The molecule has 0 spiro atoms. The highest BCUT2D eigenvalue weighted by atomic mass is 16.5. The number of ether oxygens (including phenoxy) is 1. The van der Waals surface area contributed by atoms with Crippen molar-refractivity contribution in [3.05, 3.63) is 0 Å². The SMILES string of the molecule is CC[C@H](C)[C@H](NC(=O)NCCCCOC)C(=O)O. The molecule has 2 amide bonds. The summed E-state index contributed by atoms with van der Waals surface area (Å²) in [4.78, 5) is 22.5. The van der Waals surface area contributed by atoms with E-state index in [2.05, 4.69) is 10.6 Å². The lowest BCUT2D eigenvalue weighted by molar-refractivity contribution is -0.140. The van der Waals surface area contributed by atoms with Gasteiger partial charge in [0, 0.05) is 20.3 Å². The molecule has 0 unspecified atom stereocenters. The molecule has 0 rings (SSSR count). The minimum Gasteiger partial charge on any atom is -0.480 e. The molecule has 0 fully saturated rings. The van der Waals surface area contributed by atoms with E-state index in [0.29, 0.717) is 19.6 Å². The number of rotatable bonds is 9. The molecule has 0 aliphatic rings. The van der Waals surface area contributed by atoms with Crippen LogP contribution in [0.15, 0.2) is 0 Å². The Labute approximate surface area is 108 Å². The summed E-state index contributed by atoms with van der Waals surface area (Å²) in [5.74, 6) is -1.10. The Morgan fingerprint density at radius 1 is 1.33 bits per heavy atom. The van der Waals surface area contributed by atoms with E-state index in [4.69, 9.17) is 9.84 Å². The number of hydrogen-bond donors (Lipinski definition) is 3. The average molecular weight is 260 g/mol. The fraction of sp³-hybridized carbons (Fsp3) is 0.833. The molecule has 0 aromatic carbocycles. The Morgan fingerprint density at radius 3 is 2.50 bits per heavy atom. The summed E-state index contributed by atoms with van der Waals surface area (Å²) >= 11 is 0. The predicted molar refractivity (Wildman–Crippen MR) is 68.5 cm³/mol. The molecular weight excluding hydrogens is 236 g/mol. The monoisotopic (exact) mass is 260 g/mol. The third kappa shape index (κ3) is 7.11. The van der Waals surface area contributed by atoms with Gasteiger partial charge in [0.25, 0.3) is 0 Å². The van der Waals surface area contributed by atoms with Crippen molar-refractivity contribution in [3.63, 3.8) is 0 Å². The van der Waals surface area contributed by atoms with Gasteiger partial charge in [0.2, 0.25) is 0 Å². The molecular formula is C12H24N2O4. The zero-order valence-electron chi connectivity index (χ0n) is 11.4. The standard InChI is InChI=1S/C12H24N2O4/c1-4-9(2)10(11(15)16)14-12(17)13-7-5-6-8-18-3/h9-10H,4-8H2,1-3H3,(H,15,16)(H2,13,14,17)/t9-,10-/m0/s1. The molecule has 0 aromatic rings. The lowest BCUT2D eigenvalue weighted by Crippen LogP contribution is -2.49. The number of carboxylic acids is 1. The van der Waals surface area contributed by atoms with Crippen molar-refractivity contribution in [2.24, 2.45) is 5.92 Å². The van der Waals surface area contributed by atoms with Gasteiger partial charge in [-0.3, -0.25) is 0 Å². The summed E-state index contributed by atoms with van der Waals surface area (Å²) in [6.07, 6.45) is 2.37. The number of carbonyl (C=O) groups is 2. The molecule has 0 heterocycles. The first-order valence-electron chi connectivity index (χ1n) is 6.29. The second kappa shape index (κ2) is 9.70. The fourth-order valence-electron chi connectivity index (χ4n) is 1.45. The van der Waals surface area contributed by atoms with E-state index in [1.165, 1.54) is 0 Å². The highest BCUT2D eigenvalue weighted by molar-refractivity contribution is 5.82. The fourth-order valence-corrected chi connectivity index (χ4v) is 1.45. The van der Waals surface area contributed by atoms with E-state index in [9.17, 15) is 9.59 Å². The summed E-state index contributed by atoms with van der Waals surface area (Å²) in [5, 5.41) is 14.1. The largest absolute Gasteiger partial charge is 0.480 e. The summed E-state index contributed by atoms with van der Waals surface area (Å²) in [6, 6.07) is -1.27. The van der Waals surface area contributed by atoms with Gasteiger partial charge in [-0.1, -0.05) is 20.3 Å². The third-order valence-corrected chi connectivity index (χ3v) is 2.83. The van der Waals surface area contributed by atoms with Gasteiger partial charge in [-0.05, 0) is 18.8 Å². The van der Waals surface area contributed by atoms with E-state index >= 15 is 0 Å². The topological polar surface area (TPSA) is 87.7 Å². The molecule has 106 valence electrons. The van der Waals surface area contributed by atoms with Gasteiger partial charge in [-0.15, -0.1) is 0 Å². The number of urea groups is 1. The third-order valence-electron chi connectivity index (χ3n) is 2.83. The van der Waals surface area contributed by atoms with Crippen LogP contribution in [0.25, 0.3) is 0 Å². The number of carboxylic acid groups (broad SMARTS) is 1. The second-order valence-electron chi connectivity index (χ2n) is 4.30. The predicted octanol–water partition coefficient (Wildman–Crippen LogP) is 1.21. The lowest BCUT2D eigenvalue weighted by atomic mass is 9.99. The Morgan fingerprint density at radius 2 is 2.00 bits per heavy atom. The Kier molecular flexibility index (Phi) is 9.00. The Bertz CT molecular complexity index is 258. The van der Waals surface area contributed by atoms with Crippen LogP contribution in [0.5, 0.6) is 0 Å². The summed E-state index contributed by atoms with van der Waals surface area (Å²) in [6.45, 7) is 4.87. The first-order valence-corrected chi connectivity index (χ1v) is 6.29. The van der Waals surface area contributed by atoms with Crippen LogP contribution >= 0.6 is 0 Å². The second-order valence-corrected chi connectivity index (χ2v) is 4.30. The summed E-state index contributed by atoms with van der Waals surface area (Å²) < 4.78 is 4.88. The van der Waals surface area contributed by atoms with Crippen molar-refractivity contribution in [1.29, 1.82) is 0 Å². The van der Waals surface area contributed by atoms with Crippen LogP contribution in [-0.4, -0.2) is 43.4 Å². The van der Waals surface area contributed by atoms with Crippen molar-refractivity contribution in [2.75, 3.05) is 20.3 Å². The van der Waals surface area contributed by atoms with Crippen LogP contribution < -0.4 is 10.6 Å². The minimum absolute atomic E-state index is 0.0956. The maximum Gasteiger partial charge on any atom is 0.326 e. The summed E-state index contributed by atoms with van der Waals surface area (Å²) in [7, 11) is 1.63. The quantitative estimate of drug-likeness (QED) is 0.544. The van der Waals surface area contributed by atoms with Crippen LogP contribution in [0.3, 0.4) is 0 Å². The van der Waals surface area contributed by atoms with E-state index < -0.39 is 18.0 Å². The number of nitrogens with one attached hydrogen (secondary N) is 2. The van der Waals surface area contributed by atoms with E-state index in [-0.39, 0.29) is 5.92 Å². The zero-order chi connectivity index (χ0) is 14.0. The molecule has 6 heteroatoms. The highest BCUT2D eigenvalue weighted by Crippen LogP contribution is 2.07. The van der Waals surface area contributed by atoms with Gasteiger partial charge in [0.15, 0.2) is 0 Å². The number of amides is 2. The van der Waals surface area contributed by atoms with Crippen molar-refractivity contribution in [3.8, 4) is 0 Å². The Hall–Kier alpha value is -1.30. The van der Waals surface area contributed by atoms with Crippen LogP contribution in [-0.2, 0) is 9.53 Å². The molecule has 6 nitrogen and oxygen atoms in total. The molecule has 0 saturated heterocycles. The van der Waals surface area contributed by atoms with Gasteiger partial charge >= 0.3 is 12.0 Å². The first kappa shape index (κ1) is 16.7. The van der Waals surface area contributed by atoms with Crippen LogP contribution in [0.1, 0.15) is 33.1 Å². The average Bonchev–Trinajstić information content (AvgIpc) is 2.34. The highest BCUT2D eigenvalue weighted by Gasteiger charge is 2.24. The van der Waals surface area contributed by atoms with Gasteiger partial charge in [-0.2, -0.15) is 0 Å². The molecule has 0 aliphatic heterocycles. The number of methoxy groups -OCH3 is 1. The van der Waals surface area contributed by atoms with Crippen LogP contribution in [0, 0.1) is 5.92 Å². The smallest absolute Gasteiger partial charge is 0.326 e. The van der Waals surface area contributed by atoms with E-state index in [1.54, 1.807) is 14.0 Å². The van der Waals surface area contributed by atoms with Crippen LogP contribution in [0.4, 0.5) is 4.79 Å². The molecule has 3 N–H and O–H groups in total. The number of hydrogen-bond acceptors (Lipinski definition) is 3. The van der Waals surface area contributed by atoms with Crippen LogP contribution in [0.2, 0.25) is 0 Å². The minimum atomic E-state index is -1.00. The molecule has 0 aliphatic carbocycles. The van der Waals surface area contributed by atoms with Gasteiger partial charge in [0.1, 0.15) is 6.04 Å². The maximum atomic E-state index is 11.5. The molecule has 0 radical (unpaired) electrons.